The molecule has 3 heterocycles. The Labute approximate surface area is 190 Å². The van der Waals surface area contributed by atoms with Gasteiger partial charge in [-0.3, -0.25) is 19.3 Å². The number of carbonyl (C=O) groups is 5. The first-order valence-electron chi connectivity index (χ1n) is 9.20. The second-order valence-corrected chi connectivity index (χ2v) is 7.62. The number of β-lactam (4-membered cyclic amide) rings is 1. The number of nitrogens with two attached hydrogens (primary N) is 1. The number of hydrogen-bond donors (Lipinski definition) is 4. The normalized spacial score (nSPS) is 19.7. The maximum Gasteiger partial charge on any atom is 0.404 e. The third-order valence-electron chi connectivity index (χ3n) is 4.52. The number of aliphatic carboxylic acids is 1. The number of thioether (sulfide) groups is 1. The van der Waals surface area contributed by atoms with Crippen molar-refractivity contribution >= 4 is 53.6 Å². The molecule has 33 heavy (non-hydrogen) atoms. The molecule has 3 rings (SSSR count). The number of nitrogens with zero attached hydrogens (tertiary/aromatic N) is 3. The number of carbonyl (C=O) groups excluding carboxylic acids is 4. The molecule has 1 aromatic heterocycles. The highest BCUT2D eigenvalue weighted by Crippen LogP contribution is 2.40. The molecular formula is C18H18N6O8S. The van der Waals surface area contributed by atoms with E-state index in [4.69, 9.17) is 10.6 Å². The van der Waals surface area contributed by atoms with Crippen LogP contribution in [0.1, 0.15) is 5.69 Å². The Morgan fingerprint density at radius 3 is 2.82 bits per heavy atom. The van der Waals surface area contributed by atoms with Crippen LogP contribution >= 0.6 is 11.8 Å². The van der Waals surface area contributed by atoms with E-state index in [1.54, 1.807) is 0 Å². The van der Waals surface area contributed by atoms with Crippen LogP contribution in [0.15, 0.2) is 34.6 Å². The zero-order valence-electron chi connectivity index (χ0n) is 17.0. The number of carboxylic acid groups (broad SMARTS) is 1. The standard InChI is InChI=1S/C18H18N6O8S/c1-31-23-11(9-3-2-4-10(21-9)20-7-25)14(26)22-12-15(27)24-13(17(28)29)8(5-32-18(19)30)6-33-16(12)24/h2-4,7,12,16H,5-6H2,1H3,(H2,19,30)(H,22,26)(H,28,29)(H,20,21,25)/t12?,16-/m1/s1. The number of primary amides is 1. The van der Waals surface area contributed by atoms with Crippen molar-refractivity contribution in [2.75, 3.05) is 24.8 Å². The largest absolute Gasteiger partial charge is 0.477 e. The molecule has 4 amide bonds. The fourth-order valence-electron chi connectivity index (χ4n) is 3.17. The molecule has 1 fully saturated rings. The Bertz CT molecular complexity index is 1070. The molecule has 2 aliphatic heterocycles. The van der Waals surface area contributed by atoms with Crippen LogP contribution in [0.3, 0.4) is 0 Å². The van der Waals surface area contributed by atoms with Gasteiger partial charge in [-0.15, -0.1) is 11.8 Å². The van der Waals surface area contributed by atoms with Crippen molar-refractivity contribution in [3.05, 3.63) is 35.2 Å². The fourth-order valence-corrected chi connectivity index (χ4v) is 4.49. The van der Waals surface area contributed by atoms with Gasteiger partial charge in [-0.25, -0.2) is 14.6 Å². The number of amides is 4. The molecule has 5 N–H and O–H groups in total. The number of pyridine rings is 1. The van der Waals surface area contributed by atoms with E-state index in [0.29, 0.717) is 6.41 Å². The van der Waals surface area contributed by atoms with E-state index in [2.05, 4.69) is 25.5 Å². The van der Waals surface area contributed by atoms with Crippen LogP contribution in [-0.4, -0.2) is 81.9 Å². The average Bonchev–Trinajstić information content (AvgIpc) is 2.78. The lowest BCUT2D eigenvalue weighted by Crippen LogP contribution is -2.71. The van der Waals surface area contributed by atoms with Crippen LogP contribution in [0.2, 0.25) is 0 Å². The van der Waals surface area contributed by atoms with E-state index < -0.39 is 35.3 Å². The Hall–Kier alpha value is -4.14. The molecule has 1 unspecified atom stereocenters. The predicted molar refractivity (Wildman–Crippen MR) is 113 cm³/mol. The van der Waals surface area contributed by atoms with Crippen molar-refractivity contribution in [3.8, 4) is 0 Å². The SMILES string of the molecule is CON=C(C(=O)NC1C(=O)N2C(C(=O)O)=C(COC(N)=O)CS[C@H]12)c1cccc(NC=O)n1. The zero-order chi connectivity index (χ0) is 24.1. The molecule has 0 spiro atoms. The molecular weight excluding hydrogens is 460 g/mol. The summed E-state index contributed by atoms with van der Waals surface area (Å²) in [6.07, 6.45) is -0.664. The number of ether oxygens (including phenoxy) is 1. The predicted octanol–water partition coefficient (Wildman–Crippen LogP) is -1.17. The molecule has 14 nitrogen and oxygen atoms in total. The number of aromatic nitrogens is 1. The van der Waals surface area contributed by atoms with Gasteiger partial charge in [0.2, 0.25) is 6.41 Å². The van der Waals surface area contributed by atoms with Crippen molar-refractivity contribution in [2.24, 2.45) is 10.9 Å². The third-order valence-corrected chi connectivity index (χ3v) is 5.86. The smallest absolute Gasteiger partial charge is 0.404 e. The van der Waals surface area contributed by atoms with Gasteiger partial charge in [-0.1, -0.05) is 11.2 Å². The minimum atomic E-state index is -1.38. The van der Waals surface area contributed by atoms with Crippen LogP contribution < -0.4 is 16.4 Å². The molecule has 0 radical (unpaired) electrons. The highest BCUT2D eigenvalue weighted by atomic mass is 32.2. The van der Waals surface area contributed by atoms with Crippen molar-refractivity contribution in [3.63, 3.8) is 0 Å². The highest BCUT2D eigenvalue weighted by Gasteiger charge is 2.54. The summed E-state index contributed by atoms with van der Waals surface area (Å²) in [6, 6.07) is 3.42. The fraction of sp³-hybridized carbons (Fsp3) is 0.278. The molecule has 2 atom stereocenters. The van der Waals surface area contributed by atoms with Crippen LogP contribution in [0.4, 0.5) is 10.6 Å². The molecule has 174 valence electrons. The summed E-state index contributed by atoms with van der Waals surface area (Å²) >= 11 is 1.18. The zero-order valence-corrected chi connectivity index (χ0v) is 17.8. The van der Waals surface area contributed by atoms with Gasteiger partial charge in [0.15, 0.2) is 5.71 Å². The van der Waals surface area contributed by atoms with E-state index >= 15 is 0 Å². The number of hydrogen-bond acceptors (Lipinski definition) is 10. The Kier molecular flexibility index (Phi) is 7.12. The van der Waals surface area contributed by atoms with Gasteiger partial charge >= 0.3 is 12.1 Å². The first-order chi connectivity index (χ1) is 15.8. The van der Waals surface area contributed by atoms with Crippen molar-refractivity contribution in [2.45, 2.75) is 11.4 Å². The van der Waals surface area contributed by atoms with Gasteiger partial charge in [0.1, 0.15) is 42.3 Å². The summed E-state index contributed by atoms with van der Waals surface area (Å²) in [4.78, 5) is 68.6. The number of anilines is 1. The summed E-state index contributed by atoms with van der Waals surface area (Å²) < 4.78 is 4.66. The number of nitrogens with one attached hydrogen (secondary N) is 2. The van der Waals surface area contributed by atoms with E-state index in [1.165, 1.54) is 37.1 Å². The summed E-state index contributed by atoms with van der Waals surface area (Å²) in [5.41, 5.74) is 4.61. The number of fused-ring (bicyclic) bond motifs is 1. The molecule has 15 heteroatoms. The van der Waals surface area contributed by atoms with E-state index in [9.17, 15) is 29.1 Å². The van der Waals surface area contributed by atoms with Crippen molar-refractivity contribution in [1.29, 1.82) is 0 Å². The summed E-state index contributed by atoms with van der Waals surface area (Å²) in [6.45, 7) is -0.376. The maximum absolute atomic E-state index is 12.9. The maximum atomic E-state index is 12.9. The van der Waals surface area contributed by atoms with E-state index in [-0.39, 0.29) is 40.9 Å². The number of rotatable bonds is 9. The lowest BCUT2D eigenvalue weighted by molar-refractivity contribution is -0.150. The lowest BCUT2D eigenvalue weighted by atomic mass is 10.0. The first-order valence-corrected chi connectivity index (χ1v) is 10.2. The second kappa shape index (κ2) is 9.99. The Balaban J connectivity index is 1.79. The molecule has 1 aromatic rings. The average molecular weight is 478 g/mol. The summed E-state index contributed by atoms with van der Waals surface area (Å²) in [5, 5.41) is 17.4. The number of oxime groups is 1. The third kappa shape index (κ3) is 4.87. The summed E-state index contributed by atoms with van der Waals surface area (Å²) in [7, 11) is 1.22. The molecule has 0 aromatic carbocycles. The Morgan fingerprint density at radius 1 is 1.42 bits per heavy atom. The highest BCUT2D eigenvalue weighted by molar-refractivity contribution is 8.00. The lowest BCUT2D eigenvalue weighted by Gasteiger charge is -2.49. The number of carboxylic acids is 1. The van der Waals surface area contributed by atoms with Gasteiger partial charge in [0, 0.05) is 11.3 Å². The van der Waals surface area contributed by atoms with Crippen LogP contribution in [-0.2, 0) is 28.8 Å². The van der Waals surface area contributed by atoms with Gasteiger partial charge < -0.3 is 31.0 Å². The minimum absolute atomic E-state index is 0.0677. The topological polar surface area (TPSA) is 203 Å². The molecule has 2 aliphatic rings. The molecule has 0 bridgehead atoms. The molecule has 0 aliphatic carbocycles. The van der Waals surface area contributed by atoms with Gasteiger partial charge in [-0.2, -0.15) is 0 Å². The van der Waals surface area contributed by atoms with E-state index in [0.717, 1.165) is 4.90 Å². The van der Waals surface area contributed by atoms with Gasteiger partial charge in [0.05, 0.1) is 0 Å². The minimum Gasteiger partial charge on any atom is -0.477 e. The van der Waals surface area contributed by atoms with Gasteiger partial charge in [-0.05, 0) is 12.1 Å². The molecule has 0 saturated carbocycles. The quantitative estimate of drug-likeness (QED) is 0.145. The van der Waals surface area contributed by atoms with Crippen LogP contribution in [0.25, 0.3) is 0 Å². The van der Waals surface area contributed by atoms with E-state index in [1.807, 2.05) is 0 Å². The van der Waals surface area contributed by atoms with Crippen molar-refractivity contribution < 1.29 is 38.7 Å². The second-order valence-electron chi connectivity index (χ2n) is 6.52. The first kappa shape index (κ1) is 23.5. The monoisotopic (exact) mass is 478 g/mol. The van der Waals surface area contributed by atoms with Crippen molar-refractivity contribution in [1.82, 2.24) is 15.2 Å². The molecule has 1 saturated heterocycles. The van der Waals surface area contributed by atoms with Crippen LogP contribution in [0.5, 0.6) is 0 Å². The van der Waals surface area contributed by atoms with Gasteiger partial charge in [0.25, 0.3) is 11.8 Å². The summed E-state index contributed by atoms with van der Waals surface area (Å²) in [5.74, 6) is -2.55. The Morgan fingerprint density at radius 2 is 2.18 bits per heavy atom. The van der Waals surface area contributed by atoms with Crippen LogP contribution in [0, 0.1) is 0 Å².